The van der Waals surface area contributed by atoms with Gasteiger partial charge in [-0.2, -0.15) is 0 Å². The predicted octanol–water partition coefficient (Wildman–Crippen LogP) is 1.69. The maximum absolute atomic E-state index is 12.8. The van der Waals surface area contributed by atoms with Gasteiger partial charge in [-0.3, -0.25) is 4.79 Å². The second kappa shape index (κ2) is 5.65. The molecule has 3 heterocycles. The molecule has 1 aromatic heterocycles. The van der Waals surface area contributed by atoms with Crippen LogP contribution in [-0.2, 0) is 17.8 Å². The fraction of sp³-hybridized carbons (Fsp3) is 0.471. The van der Waals surface area contributed by atoms with Gasteiger partial charge in [0.15, 0.2) is 0 Å². The van der Waals surface area contributed by atoms with Gasteiger partial charge >= 0.3 is 0 Å². The topological polar surface area (TPSA) is 35.6 Å². The molecular formula is C17H21N3OS. The third kappa shape index (κ3) is 2.43. The van der Waals surface area contributed by atoms with Gasteiger partial charge in [0.05, 0.1) is 6.04 Å². The van der Waals surface area contributed by atoms with E-state index in [4.69, 9.17) is 0 Å². The monoisotopic (exact) mass is 315 g/mol. The number of benzene rings is 1. The molecule has 22 heavy (non-hydrogen) atoms. The van der Waals surface area contributed by atoms with Crippen molar-refractivity contribution < 1.29 is 4.79 Å². The second-order valence-electron chi connectivity index (χ2n) is 6.27. The summed E-state index contributed by atoms with van der Waals surface area (Å²) in [5.74, 6) is 0.272. The standard InChI is InChI=1S/C17H21N3OS/c1-19-6-8-20(9-7-19)17(21)14-10-13-12-4-2-3-5-15(12)22-16(13)11-18-14/h2-5,14,18H,6-11H2,1H3/t14-/m1/s1. The van der Waals surface area contributed by atoms with E-state index in [0.29, 0.717) is 0 Å². The van der Waals surface area contributed by atoms with Crippen LogP contribution in [0.15, 0.2) is 24.3 Å². The van der Waals surface area contributed by atoms with Crippen LogP contribution in [0.25, 0.3) is 10.1 Å². The summed E-state index contributed by atoms with van der Waals surface area (Å²) >= 11 is 1.86. The van der Waals surface area contributed by atoms with Gasteiger partial charge in [0, 0.05) is 42.3 Å². The summed E-state index contributed by atoms with van der Waals surface area (Å²) < 4.78 is 1.34. The Morgan fingerprint density at radius 3 is 2.82 bits per heavy atom. The first-order valence-electron chi connectivity index (χ1n) is 7.92. The summed E-state index contributed by atoms with van der Waals surface area (Å²) in [6, 6.07) is 8.48. The highest BCUT2D eigenvalue weighted by atomic mass is 32.1. The van der Waals surface area contributed by atoms with Gasteiger partial charge < -0.3 is 15.1 Å². The molecule has 0 aliphatic carbocycles. The number of carbonyl (C=O) groups is 1. The molecule has 4 rings (SSSR count). The van der Waals surface area contributed by atoms with Crippen molar-refractivity contribution >= 4 is 27.3 Å². The summed E-state index contributed by atoms with van der Waals surface area (Å²) in [5.41, 5.74) is 1.38. The van der Waals surface area contributed by atoms with Crippen molar-refractivity contribution in [2.75, 3.05) is 33.2 Å². The molecule has 1 amide bonds. The number of nitrogens with one attached hydrogen (secondary N) is 1. The smallest absolute Gasteiger partial charge is 0.240 e. The SMILES string of the molecule is CN1CCN(C(=O)[C@H]2Cc3c(sc4ccccc34)CN2)CC1. The minimum Gasteiger partial charge on any atom is -0.339 e. The van der Waals surface area contributed by atoms with Gasteiger partial charge in [0.25, 0.3) is 0 Å². The molecule has 0 saturated carbocycles. The lowest BCUT2D eigenvalue weighted by molar-refractivity contribution is -0.135. The average molecular weight is 315 g/mol. The van der Waals surface area contributed by atoms with Gasteiger partial charge in [0.1, 0.15) is 0 Å². The van der Waals surface area contributed by atoms with Crippen LogP contribution in [-0.4, -0.2) is 55.0 Å². The normalized spacial score (nSPS) is 22.8. The van der Waals surface area contributed by atoms with Crippen LogP contribution in [0.2, 0.25) is 0 Å². The highest BCUT2D eigenvalue weighted by molar-refractivity contribution is 7.19. The lowest BCUT2D eigenvalue weighted by Gasteiger charge is -2.35. The van der Waals surface area contributed by atoms with Crippen molar-refractivity contribution in [1.82, 2.24) is 15.1 Å². The summed E-state index contributed by atoms with van der Waals surface area (Å²) in [6.07, 6.45) is 0.824. The Bertz CT molecular complexity index is 703. The molecule has 1 N–H and O–H groups in total. The van der Waals surface area contributed by atoms with Crippen molar-refractivity contribution in [2.45, 2.75) is 19.0 Å². The number of hydrogen-bond donors (Lipinski definition) is 1. The average Bonchev–Trinajstić information content (AvgIpc) is 2.92. The number of likely N-dealkylation sites (N-methyl/N-ethyl adjacent to an activating group) is 1. The molecule has 2 aliphatic heterocycles. The van der Waals surface area contributed by atoms with Crippen molar-refractivity contribution in [3.63, 3.8) is 0 Å². The highest BCUT2D eigenvalue weighted by Crippen LogP contribution is 2.34. The van der Waals surface area contributed by atoms with Crippen LogP contribution >= 0.6 is 11.3 Å². The largest absolute Gasteiger partial charge is 0.339 e. The minimum absolute atomic E-state index is 0.0612. The van der Waals surface area contributed by atoms with Crippen molar-refractivity contribution in [3.05, 3.63) is 34.7 Å². The molecule has 4 nitrogen and oxygen atoms in total. The Balaban J connectivity index is 1.55. The molecule has 1 atom stereocenters. The Morgan fingerprint density at radius 1 is 1.23 bits per heavy atom. The lowest BCUT2D eigenvalue weighted by atomic mass is 9.98. The quantitative estimate of drug-likeness (QED) is 0.870. The molecule has 1 saturated heterocycles. The number of hydrogen-bond acceptors (Lipinski definition) is 4. The summed E-state index contributed by atoms with van der Waals surface area (Å²) in [4.78, 5) is 18.5. The highest BCUT2D eigenvalue weighted by Gasteiger charge is 2.31. The molecular weight excluding hydrogens is 294 g/mol. The molecule has 1 aromatic carbocycles. The van der Waals surface area contributed by atoms with Crippen LogP contribution in [0.5, 0.6) is 0 Å². The van der Waals surface area contributed by atoms with Crippen molar-refractivity contribution in [3.8, 4) is 0 Å². The third-order valence-electron chi connectivity index (χ3n) is 4.81. The van der Waals surface area contributed by atoms with E-state index >= 15 is 0 Å². The zero-order chi connectivity index (χ0) is 15.1. The van der Waals surface area contributed by atoms with Gasteiger partial charge in [-0.25, -0.2) is 0 Å². The Labute approximate surface area is 134 Å². The minimum atomic E-state index is -0.0612. The molecule has 1 fully saturated rings. The molecule has 0 bridgehead atoms. The lowest BCUT2D eigenvalue weighted by Crippen LogP contribution is -2.54. The zero-order valence-corrected chi connectivity index (χ0v) is 13.7. The van der Waals surface area contributed by atoms with E-state index in [9.17, 15) is 4.79 Å². The number of piperazine rings is 1. The summed E-state index contributed by atoms with van der Waals surface area (Å²) in [5, 5.41) is 4.78. The fourth-order valence-electron chi connectivity index (χ4n) is 3.43. The molecule has 0 unspecified atom stereocenters. The van der Waals surface area contributed by atoms with Crippen LogP contribution in [0, 0.1) is 0 Å². The Morgan fingerprint density at radius 2 is 2.00 bits per heavy atom. The third-order valence-corrected chi connectivity index (χ3v) is 6.03. The number of carbonyl (C=O) groups excluding carboxylic acids is 1. The van der Waals surface area contributed by atoms with E-state index < -0.39 is 0 Å². The van der Waals surface area contributed by atoms with Crippen molar-refractivity contribution in [1.29, 1.82) is 0 Å². The van der Waals surface area contributed by atoms with Gasteiger partial charge in [-0.1, -0.05) is 18.2 Å². The van der Waals surface area contributed by atoms with E-state index in [-0.39, 0.29) is 11.9 Å². The maximum Gasteiger partial charge on any atom is 0.240 e. The van der Waals surface area contributed by atoms with E-state index in [2.05, 4.69) is 41.5 Å². The molecule has 116 valence electrons. The molecule has 2 aromatic rings. The number of thiophene rings is 1. The van der Waals surface area contributed by atoms with Gasteiger partial charge in [-0.05, 0) is 30.5 Å². The fourth-order valence-corrected chi connectivity index (χ4v) is 4.62. The first-order valence-corrected chi connectivity index (χ1v) is 8.74. The predicted molar refractivity (Wildman–Crippen MR) is 90.2 cm³/mol. The second-order valence-corrected chi connectivity index (χ2v) is 7.40. The van der Waals surface area contributed by atoms with Crippen LogP contribution < -0.4 is 5.32 Å². The van der Waals surface area contributed by atoms with Gasteiger partial charge in [-0.15, -0.1) is 11.3 Å². The number of amides is 1. The van der Waals surface area contributed by atoms with Crippen LogP contribution in [0.4, 0.5) is 0 Å². The molecule has 5 heteroatoms. The Kier molecular flexibility index (Phi) is 3.64. The Hall–Kier alpha value is -1.43. The van der Waals surface area contributed by atoms with E-state index in [1.165, 1.54) is 20.5 Å². The first-order chi connectivity index (χ1) is 10.7. The van der Waals surface area contributed by atoms with E-state index in [1.807, 2.05) is 16.2 Å². The first kappa shape index (κ1) is 14.2. The van der Waals surface area contributed by atoms with Crippen LogP contribution in [0.3, 0.4) is 0 Å². The summed E-state index contributed by atoms with van der Waals surface area (Å²) in [7, 11) is 2.12. The van der Waals surface area contributed by atoms with Crippen molar-refractivity contribution in [2.24, 2.45) is 0 Å². The zero-order valence-electron chi connectivity index (χ0n) is 12.8. The maximum atomic E-state index is 12.8. The number of nitrogens with zero attached hydrogens (tertiary/aromatic N) is 2. The number of fused-ring (bicyclic) bond motifs is 3. The van der Waals surface area contributed by atoms with E-state index in [1.54, 1.807) is 0 Å². The van der Waals surface area contributed by atoms with E-state index in [0.717, 1.165) is 39.1 Å². The number of rotatable bonds is 1. The summed E-state index contributed by atoms with van der Waals surface area (Å²) in [6.45, 7) is 4.48. The van der Waals surface area contributed by atoms with Crippen LogP contribution in [0.1, 0.15) is 10.4 Å². The van der Waals surface area contributed by atoms with Gasteiger partial charge in [0.2, 0.25) is 5.91 Å². The molecule has 2 aliphatic rings. The molecule has 0 radical (unpaired) electrons. The molecule has 0 spiro atoms.